The quantitative estimate of drug-likeness (QED) is 0.907. The normalized spacial score (nSPS) is 18.1. The molecular formula is C14H17N3O2. The lowest BCUT2D eigenvalue weighted by atomic mass is 10.0. The summed E-state index contributed by atoms with van der Waals surface area (Å²) < 4.78 is 7.13. The fourth-order valence-corrected chi connectivity index (χ4v) is 2.41. The van der Waals surface area contributed by atoms with Gasteiger partial charge in [0.1, 0.15) is 11.6 Å². The van der Waals surface area contributed by atoms with Gasteiger partial charge in [-0.3, -0.25) is 0 Å². The van der Waals surface area contributed by atoms with E-state index >= 15 is 0 Å². The summed E-state index contributed by atoms with van der Waals surface area (Å²) in [7, 11) is 1.65. The number of aliphatic hydroxyl groups is 1. The Bertz CT molecular complexity index is 580. The second-order valence-corrected chi connectivity index (χ2v) is 4.85. The van der Waals surface area contributed by atoms with Crippen LogP contribution in [0.25, 0.3) is 11.4 Å². The van der Waals surface area contributed by atoms with E-state index < -0.39 is 0 Å². The van der Waals surface area contributed by atoms with Crippen LogP contribution in [0.5, 0.6) is 5.75 Å². The highest BCUT2D eigenvalue weighted by Gasteiger charge is 2.21. The summed E-state index contributed by atoms with van der Waals surface area (Å²) >= 11 is 0. The van der Waals surface area contributed by atoms with Gasteiger partial charge in [0.2, 0.25) is 0 Å². The molecule has 1 aliphatic rings. The first kappa shape index (κ1) is 12.2. The molecule has 1 unspecified atom stereocenters. The van der Waals surface area contributed by atoms with Gasteiger partial charge < -0.3 is 9.84 Å². The zero-order valence-electron chi connectivity index (χ0n) is 10.9. The summed E-state index contributed by atoms with van der Waals surface area (Å²) in [5, 5.41) is 13.8. The minimum absolute atomic E-state index is 0.216. The molecule has 1 aromatic heterocycles. The smallest absolute Gasteiger partial charge is 0.181 e. The molecule has 1 aliphatic heterocycles. The molecule has 3 rings (SSSR count). The van der Waals surface area contributed by atoms with Gasteiger partial charge >= 0.3 is 0 Å². The molecular weight excluding hydrogens is 242 g/mol. The van der Waals surface area contributed by atoms with Crippen LogP contribution in [0.15, 0.2) is 24.3 Å². The summed E-state index contributed by atoms with van der Waals surface area (Å²) in [5.74, 6) is 2.83. The number of rotatable bonds is 3. The molecule has 0 saturated heterocycles. The monoisotopic (exact) mass is 259 g/mol. The average Bonchev–Trinajstić information content (AvgIpc) is 2.90. The number of hydrogen-bond donors (Lipinski definition) is 1. The van der Waals surface area contributed by atoms with E-state index in [-0.39, 0.29) is 6.61 Å². The molecule has 1 aromatic carbocycles. The number of aromatic nitrogens is 3. The largest absolute Gasteiger partial charge is 0.497 e. The Balaban J connectivity index is 1.92. The van der Waals surface area contributed by atoms with Crippen LogP contribution in [0.1, 0.15) is 12.2 Å². The van der Waals surface area contributed by atoms with E-state index in [0.29, 0.717) is 5.92 Å². The molecule has 5 heteroatoms. The van der Waals surface area contributed by atoms with Crippen molar-refractivity contribution in [1.82, 2.24) is 14.8 Å². The van der Waals surface area contributed by atoms with Gasteiger partial charge in [-0.15, -0.1) is 0 Å². The van der Waals surface area contributed by atoms with Crippen molar-refractivity contribution in [3.63, 3.8) is 0 Å². The number of aliphatic hydroxyl groups excluding tert-OH is 1. The van der Waals surface area contributed by atoms with Gasteiger partial charge in [-0.25, -0.2) is 9.67 Å². The van der Waals surface area contributed by atoms with E-state index in [2.05, 4.69) is 10.1 Å². The third-order valence-electron chi connectivity index (χ3n) is 3.54. The number of hydrogen-bond acceptors (Lipinski definition) is 4. The van der Waals surface area contributed by atoms with E-state index in [1.54, 1.807) is 7.11 Å². The van der Waals surface area contributed by atoms with E-state index in [9.17, 15) is 5.11 Å². The second-order valence-electron chi connectivity index (χ2n) is 4.85. The maximum atomic E-state index is 9.23. The molecule has 1 atom stereocenters. The van der Waals surface area contributed by atoms with Crippen molar-refractivity contribution in [3.05, 3.63) is 30.1 Å². The van der Waals surface area contributed by atoms with Crippen LogP contribution in [-0.2, 0) is 13.0 Å². The first-order valence-corrected chi connectivity index (χ1v) is 6.49. The Morgan fingerprint density at radius 1 is 1.47 bits per heavy atom. The fourth-order valence-electron chi connectivity index (χ4n) is 2.41. The number of fused-ring (bicyclic) bond motifs is 1. The van der Waals surface area contributed by atoms with Crippen molar-refractivity contribution >= 4 is 0 Å². The molecule has 0 amide bonds. The van der Waals surface area contributed by atoms with Gasteiger partial charge in [-0.2, -0.15) is 5.10 Å². The maximum absolute atomic E-state index is 9.23. The molecule has 1 N–H and O–H groups in total. The van der Waals surface area contributed by atoms with Crippen LogP contribution in [0.2, 0.25) is 0 Å². The SMILES string of the molecule is COc1cccc(-c2nc3n(n2)CC(CO)CC3)c1. The predicted molar refractivity (Wildman–Crippen MR) is 70.9 cm³/mol. The topological polar surface area (TPSA) is 60.2 Å². The van der Waals surface area contributed by atoms with Crippen molar-refractivity contribution in [2.24, 2.45) is 5.92 Å². The van der Waals surface area contributed by atoms with E-state index in [1.165, 1.54) is 0 Å². The molecule has 2 heterocycles. The molecule has 100 valence electrons. The standard InChI is InChI=1S/C14H17N3O2/c1-19-12-4-2-3-11(7-12)14-15-13-6-5-10(9-18)8-17(13)16-14/h2-4,7,10,18H,5-6,8-9H2,1H3. The Hall–Kier alpha value is -1.88. The first-order valence-electron chi connectivity index (χ1n) is 6.49. The van der Waals surface area contributed by atoms with Gasteiger partial charge in [0.25, 0.3) is 0 Å². The van der Waals surface area contributed by atoms with Crippen molar-refractivity contribution in [2.75, 3.05) is 13.7 Å². The van der Waals surface area contributed by atoms with Crippen LogP contribution in [-0.4, -0.2) is 33.6 Å². The van der Waals surface area contributed by atoms with Crippen LogP contribution < -0.4 is 4.74 Å². The third kappa shape index (κ3) is 2.33. The zero-order valence-corrected chi connectivity index (χ0v) is 10.9. The molecule has 2 aromatic rings. The van der Waals surface area contributed by atoms with Gasteiger partial charge in [-0.1, -0.05) is 12.1 Å². The molecule has 0 saturated carbocycles. The molecule has 0 spiro atoms. The first-order chi connectivity index (χ1) is 9.30. The summed E-state index contributed by atoms with van der Waals surface area (Å²) in [6.45, 7) is 0.969. The van der Waals surface area contributed by atoms with Crippen molar-refractivity contribution in [1.29, 1.82) is 0 Å². The molecule has 0 bridgehead atoms. The fraction of sp³-hybridized carbons (Fsp3) is 0.429. The number of benzene rings is 1. The lowest BCUT2D eigenvalue weighted by molar-refractivity contribution is 0.185. The van der Waals surface area contributed by atoms with Gasteiger partial charge in [0, 0.05) is 31.1 Å². The molecule has 5 nitrogen and oxygen atoms in total. The predicted octanol–water partition coefficient (Wildman–Crippen LogP) is 1.51. The minimum atomic E-state index is 0.216. The van der Waals surface area contributed by atoms with Crippen molar-refractivity contribution in [2.45, 2.75) is 19.4 Å². The average molecular weight is 259 g/mol. The summed E-state index contributed by atoms with van der Waals surface area (Å²) in [6.07, 6.45) is 1.86. The van der Waals surface area contributed by atoms with E-state index in [1.807, 2.05) is 28.9 Å². The minimum Gasteiger partial charge on any atom is -0.497 e. The van der Waals surface area contributed by atoms with Crippen LogP contribution >= 0.6 is 0 Å². The Morgan fingerprint density at radius 2 is 2.37 bits per heavy atom. The molecule has 19 heavy (non-hydrogen) atoms. The Morgan fingerprint density at radius 3 is 3.16 bits per heavy atom. The lowest BCUT2D eigenvalue weighted by Crippen LogP contribution is -2.23. The zero-order chi connectivity index (χ0) is 13.2. The van der Waals surface area contributed by atoms with Crippen LogP contribution in [0, 0.1) is 5.92 Å². The Kier molecular flexibility index (Phi) is 3.21. The van der Waals surface area contributed by atoms with E-state index in [0.717, 1.165) is 42.3 Å². The van der Waals surface area contributed by atoms with E-state index in [4.69, 9.17) is 4.74 Å². The van der Waals surface area contributed by atoms with Crippen LogP contribution in [0.3, 0.4) is 0 Å². The number of aryl methyl sites for hydroxylation is 1. The van der Waals surface area contributed by atoms with Gasteiger partial charge in [0.15, 0.2) is 5.82 Å². The van der Waals surface area contributed by atoms with Crippen LogP contribution in [0.4, 0.5) is 0 Å². The molecule has 0 radical (unpaired) electrons. The molecule has 0 aliphatic carbocycles. The molecule has 0 fully saturated rings. The summed E-state index contributed by atoms with van der Waals surface area (Å²) in [4.78, 5) is 4.58. The summed E-state index contributed by atoms with van der Waals surface area (Å²) in [5.41, 5.74) is 0.960. The number of nitrogens with zero attached hydrogens (tertiary/aromatic N) is 3. The Labute approximate surface area is 111 Å². The van der Waals surface area contributed by atoms with Crippen molar-refractivity contribution < 1.29 is 9.84 Å². The highest BCUT2D eigenvalue weighted by molar-refractivity contribution is 5.57. The lowest BCUT2D eigenvalue weighted by Gasteiger charge is -2.19. The highest BCUT2D eigenvalue weighted by Crippen LogP contribution is 2.24. The third-order valence-corrected chi connectivity index (χ3v) is 3.54. The highest BCUT2D eigenvalue weighted by atomic mass is 16.5. The van der Waals surface area contributed by atoms with Gasteiger partial charge in [0.05, 0.1) is 7.11 Å². The summed E-state index contributed by atoms with van der Waals surface area (Å²) in [6, 6.07) is 7.75. The number of ether oxygens (including phenoxy) is 1. The maximum Gasteiger partial charge on any atom is 0.181 e. The van der Waals surface area contributed by atoms with Crippen molar-refractivity contribution in [3.8, 4) is 17.1 Å². The second kappa shape index (κ2) is 5.01. The number of methoxy groups -OCH3 is 1. The van der Waals surface area contributed by atoms with Gasteiger partial charge in [-0.05, 0) is 18.6 Å².